The second-order valence-corrected chi connectivity index (χ2v) is 6.14. The minimum Gasteiger partial charge on any atom is -0.353 e. The fourth-order valence-corrected chi connectivity index (χ4v) is 2.82. The highest BCUT2D eigenvalue weighted by atomic mass is 35.5. The van der Waals surface area contributed by atoms with E-state index in [1.165, 1.54) is 11.3 Å². The summed E-state index contributed by atoms with van der Waals surface area (Å²) in [6, 6.07) is 5.29. The number of aryl methyl sites for hydroxylation is 1. The third kappa shape index (κ3) is 3.32. The van der Waals surface area contributed by atoms with E-state index < -0.39 is 0 Å². The van der Waals surface area contributed by atoms with Gasteiger partial charge in [-0.2, -0.15) is 5.10 Å². The van der Waals surface area contributed by atoms with Gasteiger partial charge in [-0.3, -0.25) is 9.48 Å². The summed E-state index contributed by atoms with van der Waals surface area (Å²) in [6.45, 7) is 0. The molecule has 0 spiro atoms. The Balaban J connectivity index is 1.65. The number of aromatic nitrogens is 3. The van der Waals surface area contributed by atoms with Crippen molar-refractivity contribution in [2.45, 2.75) is 6.42 Å². The van der Waals surface area contributed by atoms with Crippen LogP contribution in [0.4, 0.5) is 5.82 Å². The van der Waals surface area contributed by atoms with E-state index in [2.05, 4.69) is 15.6 Å². The van der Waals surface area contributed by atoms with Crippen molar-refractivity contribution in [1.82, 2.24) is 14.9 Å². The van der Waals surface area contributed by atoms with Crippen molar-refractivity contribution >= 4 is 34.7 Å². The zero-order chi connectivity index (χ0) is 14.8. The Morgan fingerprint density at radius 3 is 3.05 bits per heavy atom. The third-order valence-electron chi connectivity index (χ3n) is 2.72. The van der Waals surface area contributed by atoms with Crippen LogP contribution in [-0.4, -0.2) is 20.8 Å². The summed E-state index contributed by atoms with van der Waals surface area (Å²) in [4.78, 5) is 12.8. The molecule has 108 valence electrons. The van der Waals surface area contributed by atoms with Crippen LogP contribution in [0.3, 0.4) is 0 Å². The topological polar surface area (TPSA) is 73.0 Å². The molecule has 0 saturated heterocycles. The van der Waals surface area contributed by atoms with Gasteiger partial charge in [-0.1, -0.05) is 16.8 Å². The number of carbonyl (C=O) groups excluding carboxylic acids is 1. The molecular formula is C13H11ClN4O2S. The molecule has 8 heteroatoms. The number of amides is 1. The van der Waals surface area contributed by atoms with Gasteiger partial charge in [0.05, 0.1) is 21.8 Å². The van der Waals surface area contributed by atoms with Crippen molar-refractivity contribution in [3.8, 4) is 10.6 Å². The molecule has 21 heavy (non-hydrogen) atoms. The zero-order valence-electron chi connectivity index (χ0n) is 11.0. The molecule has 3 heterocycles. The fourth-order valence-electron chi connectivity index (χ4n) is 1.83. The lowest BCUT2D eigenvalue weighted by atomic mass is 10.2. The largest absolute Gasteiger partial charge is 0.353 e. The molecule has 0 unspecified atom stereocenters. The first-order valence-corrected chi connectivity index (χ1v) is 7.29. The molecule has 0 atom stereocenters. The first kappa shape index (κ1) is 13.8. The second-order valence-electron chi connectivity index (χ2n) is 4.43. The molecule has 0 fully saturated rings. The van der Waals surface area contributed by atoms with Crippen LogP contribution in [0.5, 0.6) is 0 Å². The molecule has 0 radical (unpaired) electrons. The predicted molar refractivity (Wildman–Crippen MR) is 80.4 cm³/mol. The van der Waals surface area contributed by atoms with Crippen molar-refractivity contribution in [2.75, 3.05) is 5.32 Å². The lowest BCUT2D eigenvalue weighted by Crippen LogP contribution is -2.14. The van der Waals surface area contributed by atoms with Crippen molar-refractivity contribution in [1.29, 1.82) is 0 Å². The van der Waals surface area contributed by atoms with Crippen LogP contribution in [0.2, 0.25) is 4.34 Å². The van der Waals surface area contributed by atoms with Gasteiger partial charge in [-0.05, 0) is 17.7 Å². The Bertz CT molecular complexity index is 777. The van der Waals surface area contributed by atoms with Crippen LogP contribution >= 0.6 is 22.9 Å². The van der Waals surface area contributed by atoms with E-state index >= 15 is 0 Å². The summed E-state index contributed by atoms with van der Waals surface area (Å²) in [7, 11) is 1.80. The van der Waals surface area contributed by atoms with Gasteiger partial charge < -0.3 is 9.84 Å². The first-order chi connectivity index (χ1) is 10.1. The zero-order valence-corrected chi connectivity index (χ0v) is 12.6. The highest BCUT2D eigenvalue weighted by Crippen LogP contribution is 2.32. The van der Waals surface area contributed by atoms with Crippen molar-refractivity contribution in [2.24, 2.45) is 7.05 Å². The molecule has 0 saturated carbocycles. The first-order valence-electron chi connectivity index (χ1n) is 6.10. The maximum absolute atomic E-state index is 11.9. The van der Waals surface area contributed by atoms with Gasteiger partial charge in [0.1, 0.15) is 0 Å². The third-order valence-corrected chi connectivity index (χ3v) is 3.96. The number of halogens is 1. The average molecular weight is 323 g/mol. The summed E-state index contributed by atoms with van der Waals surface area (Å²) < 4.78 is 7.51. The summed E-state index contributed by atoms with van der Waals surface area (Å²) >= 11 is 7.26. The minimum absolute atomic E-state index is 0.174. The number of anilines is 1. The molecule has 0 bridgehead atoms. The summed E-state index contributed by atoms with van der Waals surface area (Å²) in [5.74, 6) is 0.777. The molecule has 0 aromatic carbocycles. The second kappa shape index (κ2) is 5.71. The van der Waals surface area contributed by atoms with E-state index in [0.29, 0.717) is 15.9 Å². The number of nitrogens with zero attached hydrogens (tertiary/aromatic N) is 3. The van der Waals surface area contributed by atoms with Crippen LogP contribution in [0.15, 0.2) is 35.1 Å². The maximum atomic E-state index is 11.9. The van der Waals surface area contributed by atoms with Crippen molar-refractivity contribution < 1.29 is 9.32 Å². The normalized spacial score (nSPS) is 10.8. The number of rotatable bonds is 4. The molecule has 3 aromatic rings. The summed E-state index contributed by atoms with van der Waals surface area (Å²) in [5.41, 5.74) is 0.837. The molecule has 3 rings (SSSR count). The van der Waals surface area contributed by atoms with E-state index in [0.717, 1.165) is 10.4 Å². The number of hydrogen-bond acceptors (Lipinski definition) is 5. The number of hydrogen-bond donors (Lipinski definition) is 1. The molecule has 1 amide bonds. The number of nitrogens with one attached hydrogen (secondary N) is 1. The fraction of sp³-hybridized carbons (Fsp3) is 0.154. The van der Waals surface area contributed by atoms with Gasteiger partial charge >= 0.3 is 0 Å². The highest BCUT2D eigenvalue weighted by molar-refractivity contribution is 7.19. The minimum atomic E-state index is -0.174. The Morgan fingerprint density at radius 2 is 2.38 bits per heavy atom. The quantitative estimate of drug-likeness (QED) is 0.801. The Hall–Kier alpha value is -2.12. The van der Waals surface area contributed by atoms with Crippen LogP contribution < -0.4 is 5.32 Å². The average Bonchev–Trinajstić information content (AvgIpc) is 3.12. The lowest BCUT2D eigenvalue weighted by Gasteiger charge is -1.98. The van der Waals surface area contributed by atoms with Gasteiger partial charge in [0, 0.05) is 19.3 Å². The SMILES string of the molecule is Cn1cc(CC(=O)Nc2cc(-c3ccc(Cl)s3)on2)cn1. The lowest BCUT2D eigenvalue weighted by molar-refractivity contribution is -0.115. The molecule has 0 aliphatic carbocycles. The molecular weight excluding hydrogens is 312 g/mol. The molecule has 1 N–H and O–H groups in total. The predicted octanol–water partition coefficient (Wildman–Crippen LogP) is 2.97. The van der Waals surface area contributed by atoms with Gasteiger partial charge in [0.15, 0.2) is 11.6 Å². The maximum Gasteiger partial charge on any atom is 0.230 e. The Labute approximate surface area is 129 Å². The molecule has 0 aliphatic rings. The van der Waals surface area contributed by atoms with Crippen LogP contribution in [0.25, 0.3) is 10.6 Å². The smallest absolute Gasteiger partial charge is 0.230 e. The van der Waals surface area contributed by atoms with Gasteiger partial charge in [0.25, 0.3) is 0 Å². The van der Waals surface area contributed by atoms with E-state index in [4.69, 9.17) is 16.1 Å². The number of carbonyl (C=O) groups is 1. The van der Waals surface area contributed by atoms with E-state index in [-0.39, 0.29) is 12.3 Å². The molecule has 0 aliphatic heterocycles. The van der Waals surface area contributed by atoms with Crippen LogP contribution in [0.1, 0.15) is 5.56 Å². The van der Waals surface area contributed by atoms with Crippen LogP contribution in [0, 0.1) is 0 Å². The molecule has 3 aromatic heterocycles. The van der Waals surface area contributed by atoms with Crippen LogP contribution in [-0.2, 0) is 18.3 Å². The summed E-state index contributed by atoms with van der Waals surface area (Å²) in [5, 5.41) is 10.5. The van der Waals surface area contributed by atoms with Crippen molar-refractivity contribution in [3.63, 3.8) is 0 Å². The van der Waals surface area contributed by atoms with E-state index in [1.54, 1.807) is 36.3 Å². The van der Waals surface area contributed by atoms with E-state index in [1.807, 2.05) is 6.07 Å². The standard InChI is InChI=1S/C13H11ClN4O2S/c1-18-7-8(6-15-18)4-13(19)16-12-5-9(20-17-12)10-2-3-11(14)21-10/h2-3,5-7H,4H2,1H3,(H,16,17,19). The van der Waals surface area contributed by atoms with E-state index in [9.17, 15) is 4.79 Å². The monoisotopic (exact) mass is 322 g/mol. The summed E-state index contributed by atoms with van der Waals surface area (Å²) in [6.07, 6.45) is 3.68. The number of thiophene rings is 1. The van der Waals surface area contributed by atoms with Gasteiger partial charge in [-0.15, -0.1) is 11.3 Å². The Morgan fingerprint density at radius 1 is 1.52 bits per heavy atom. The molecule has 6 nitrogen and oxygen atoms in total. The van der Waals surface area contributed by atoms with Gasteiger partial charge in [-0.25, -0.2) is 0 Å². The van der Waals surface area contributed by atoms with Gasteiger partial charge in [0.2, 0.25) is 5.91 Å². The highest BCUT2D eigenvalue weighted by Gasteiger charge is 2.12. The van der Waals surface area contributed by atoms with Crippen molar-refractivity contribution in [3.05, 3.63) is 40.5 Å². The Kier molecular flexibility index (Phi) is 3.76.